The fraction of sp³-hybridized carbons (Fsp3) is 0.0909. The molecule has 8 heteroatoms. The molecule has 100 valence electrons. The van der Waals surface area contributed by atoms with Gasteiger partial charge in [0, 0.05) is 6.20 Å². The van der Waals surface area contributed by atoms with Crippen LogP contribution in [-0.4, -0.2) is 21.2 Å². The Morgan fingerprint density at radius 3 is 2.63 bits per heavy atom. The number of carbonyl (C=O) groups is 1. The van der Waals surface area contributed by atoms with Gasteiger partial charge in [-0.05, 0) is 24.3 Å². The molecular formula is C11H8F3N3O2. The molecule has 0 atom stereocenters. The summed E-state index contributed by atoms with van der Waals surface area (Å²) in [5.41, 5.74) is -1.23. The number of aromatic nitrogens is 2. The molecule has 5 nitrogen and oxygen atoms in total. The quantitative estimate of drug-likeness (QED) is 0.734. The number of anilines is 1. The van der Waals surface area contributed by atoms with Crippen molar-refractivity contribution in [3.8, 4) is 5.75 Å². The van der Waals surface area contributed by atoms with Crippen LogP contribution >= 0.6 is 0 Å². The van der Waals surface area contributed by atoms with Crippen LogP contribution in [0.1, 0.15) is 16.1 Å². The van der Waals surface area contributed by atoms with Crippen molar-refractivity contribution in [3.05, 3.63) is 41.7 Å². The zero-order valence-electron chi connectivity index (χ0n) is 9.32. The molecule has 0 radical (unpaired) electrons. The monoisotopic (exact) mass is 271 g/mol. The highest BCUT2D eigenvalue weighted by Gasteiger charge is 2.31. The van der Waals surface area contributed by atoms with Gasteiger partial charge in [-0.3, -0.25) is 9.89 Å². The molecule has 19 heavy (non-hydrogen) atoms. The average Bonchev–Trinajstić information content (AvgIpc) is 2.84. The van der Waals surface area contributed by atoms with E-state index in [0.29, 0.717) is 6.07 Å². The van der Waals surface area contributed by atoms with Crippen LogP contribution in [0.5, 0.6) is 5.75 Å². The summed E-state index contributed by atoms with van der Waals surface area (Å²) in [5.74, 6) is -1.16. The molecule has 0 bridgehead atoms. The highest BCUT2D eigenvalue weighted by molar-refractivity contribution is 6.03. The summed E-state index contributed by atoms with van der Waals surface area (Å²) >= 11 is 0. The molecule has 1 amide bonds. The molecule has 2 aromatic rings. The van der Waals surface area contributed by atoms with Crippen LogP contribution < -0.4 is 5.32 Å². The Hall–Kier alpha value is -2.51. The lowest BCUT2D eigenvalue weighted by molar-refractivity contribution is -0.137. The summed E-state index contributed by atoms with van der Waals surface area (Å²) in [6, 6.07) is 3.59. The number of hydrogen-bond donors (Lipinski definition) is 3. The first-order valence-electron chi connectivity index (χ1n) is 5.09. The van der Waals surface area contributed by atoms with Crippen molar-refractivity contribution in [2.45, 2.75) is 6.18 Å². The largest absolute Gasteiger partial charge is 0.506 e. The molecule has 0 aliphatic carbocycles. The standard InChI is InChI=1S/C11H8F3N3O2/c12-11(13,14)6-1-2-9(18)8(5-6)16-10(19)7-3-4-15-17-7/h1-5,18H,(H,15,17)(H,16,19). The van der Waals surface area contributed by atoms with Gasteiger partial charge in [0.1, 0.15) is 11.4 Å². The predicted octanol–water partition coefficient (Wildman–Crippen LogP) is 2.39. The third-order valence-corrected chi connectivity index (χ3v) is 2.32. The highest BCUT2D eigenvalue weighted by atomic mass is 19.4. The Labute approximate surface area is 105 Å². The molecule has 0 spiro atoms. The Morgan fingerprint density at radius 1 is 1.32 bits per heavy atom. The molecule has 3 N–H and O–H groups in total. The lowest BCUT2D eigenvalue weighted by Crippen LogP contribution is -2.13. The summed E-state index contributed by atoms with van der Waals surface area (Å²) in [6.07, 6.45) is -3.23. The van der Waals surface area contributed by atoms with Crippen molar-refractivity contribution in [2.75, 3.05) is 5.32 Å². The van der Waals surface area contributed by atoms with Crippen molar-refractivity contribution in [2.24, 2.45) is 0 Å². The number of phenols is 1. The van der Waals surface area contributed by atoms with Gasteiger partial charge in [-0.25, -0.2) is 0 Å². The average molecular weight is 271 g/mol. The number of nitrogens with zero attached hydrogens (tertiary/aromatic N) is 1. The molecular weight excluding hydrogens is 263 g/mol. The van der Waals surface area contributed by atoms with E-state index < -0.39 is 23.4 Å². The van der Waals surface area contributed by atoms with E-state index in [4.69, 9.17) is 0 Å². The van der Waals surface area contributed by atoms with E-state index in [-0.39, 0.29) is 11.4 Å². The molecule has 1 aromatic heterocycles. The van der Waals surface area contributed by atoms with Crippen molar-refractivity contribution < 1.29 is 23.1 Å². The van der Waals surface area contributed by atoms with Gasteiger partial charge in [0.25, 0.3) is 5.91 Å². The number of carbonyl (C=O) groups excluding carboxylic acids is 1. The highest BCUT2D eigenvalue weighted by Crippen LogP contribution is 2.34. The number of phenolic OH excluding ortho intramolecular Hbond substituents is 1. The molecule has 0 fully saturated rings. The van der Waals surface area contributed by atoms with Gasteiger partial charge in [0.2, 0.25) is 0 Å². The minimum Gasteiger partial charge on any atom is -0.506 e. The number of alkyl halides is 3. The molecule has 1 aromatic carbocycles. The number of aromatic amines is 1. The summed E-state index contributed by atoms with van der Waals surface area (Å²) < 4.78 is 37.5. The normalized spacial score (nSPS) is 11.3. The Morgan fingerprint density at radius 2 is 2.05 bits per heavy atom. The SMILES string of the molecule is O=C(Nc1cc(C(F)(F)F)ccc1O)c1ccn[nH]1. The number of halogens is 3. The second-order valence-electron chi connectivity index (χ2n) is 3.65. The predicted molar refractivity (Wildman–Crippen MR) is 59.6 cm³/mol. The zero-order chi connectivity index (χ0) is 14.0. The summed E-state index contributed by atoms with van der Waals surface area (Å²) in [6.45, 7) is 0. The van der Waals surface area contributed by atoms with Crippen molar-refractivity contribution in [3.63, 3.8) is 0 Å². The number of hydrogen-bond acceptors (Lipinski definition) is 3. The topological polar surface area (TPSA) is 78.0 Å². The second kappa shape index (κ2) is 4.63. The van der Waals surface area contributed by atoms with Crippen LogP contribution in [0.4, 0.5) is 18.9 Å². The molecule has 0 saturated heterocycles. The number of rotatable bonds is 2. The lowest BCUT2D eigenvalue weighted by Gasteiger charge is -2.11. The van der Waals surface area contributed by atoms with Gasteiger partial charge in [0.05, 0.1) is 11.3 Å². The lowest BCUT2D eigenvalue weighted by atomic mass is 10.1. The van der Waals surface area contributed by atoms with Crippen LogP contribution in [0, 0.1) is 0 Å². The van der Waals surface area contributed by atoms with Crippen LogP contribution in [0.15, 0.2) is 30.5 Å². The maximum Gasteiger partial charge on any atom is 0.416 e. The molecule has 0 aliphatic rings. The van der Waals surface area contributed by atoms with Crippen LogP contribution in [0.2, 0.25) is 0 Å². The zero-order valence-corrected chi connectivity index (χ0v) is 9.32. The number of benzene rings is 1. The van der Waals surface area contributed by atoms with E-state index >= 15 is 0 Å². The van der Waals surface area contributed by atoms with Crippen LogP contribution in [-0.2, 0) is 6.18 Å². The van der Waals surface area contributed by atoms with Gasteiger partial charge >= 0.3 is 6.18 Å². The Kier molecular flexibility index (Phi) is 3.16. The maximum atomic E-state index is 12.5. The minimum atomic E-state index is -4.55. The fourth-order valence-electron chi connectivity index (χ4n) is 1.38. The van der Waals surface area contributed by atoms with Crippen molar-refractivity contribution in [1.82, 2.24) is 10.2 Å². The van der Waals surface area contributed by atoms with Crippen LogP contribution in [0.3, 0.4) is 0 Å². The molecule has 0 unspecified atom stereocenters. The van der Waals surface area contributed by atoms with Gasteiger partial charge in [-0.1, -0.05) is 0 Å². The molecule has 0 saturated carbocycles. The van der Waals surface area contributed by atoms with E-state index in [2.05, 4.69) is 15.5 Å². The first-order chi connectivity index (χ1) is 8.88. The molecule has 0 aliphatic heterocycles. The number of aromatic hydroxyl groups is 1. The van der Waals surface area contributed by atoms with E-state index in [1.807, 2.05) is 0 Å². The summed E-state index contributed by atoms with van der Waals surface area (Å²) in [5, 5.41) is 17.5. The third-order valence-electron chi connectivity index (χ3n) is 2.32. The number of nitrogens with one attached hydrogen (secondary N) is 2. The van der Waals surface area contributed by atoms with Gasteiger partial charge in [-0.15, -0.1) is 0 Å². The van der Waals surface area contributed by atoms with E-state index in [1.165, 1.54) is 12.3 Å². The summed E-state index contributed by atoms with van der Waals surface area (Å²) in [7, 11) is 0. The van der Waals surface area contributed by atoms with Gasteiger partial charge in [-0.2, -0.15) is 18.3 Å². The molecule has 1 heterocycles. The van der Waals surface area contributed by atoms with E-state index in [0.717, 1.165) is 12.1 Å². The first-order valence-corrected chi connectivity index (χ1v) is 5.09. The van der Waals surface area contributed by atoms with Crippen molar-refractivity contribution >= 4 is 11.6 Å². The molecule has 2 rings (SSSR count). The fourth-order valence-corrected chi connectivity index (χ4v) is 1.38. The third kappa shape index (κ3) is 2.84. The number of H-pyrrole nitrogens is 1. The number of amides is 1. The van der Waals surface area contributed by atoms with Gasteiger partial charge in [0.15, 0.2) is 0 Å². The smallest absolute Gasteiger partial charge is 0.416 e. The van der Waals surface area contributed by atoms with Crippen molar-refractivity contribution in [1.29, 1.82) is 0 Å². The van der Waals surface area contributed by atoms with E-state index in [1.54, 1.807) is 0 Å². The van der Waals surface area contributed by atoms with Crippen LogP contribution in [0.25, 0.3) is 0 Å². The van der Waals surface area contributed by atoms with Gasteiger partial charge < -0.3 is 10.4 Å². The Bertz CT molecular complexity index is 594. The first kappa shape index (κ1) is 12.9. The second-order valence-corrected chi connectivity index (χ2v) is 3.65. The minimum absolute atomic E-state index is 0.0665. The van der Waals surface area contributed by atoms with E-state index in [9.17, 15) is 23.1 Å². The maximum absolute atomic E-state index is 12.5. The summed E-state index contributed by atoms with van der Waals surface area (Å²) in [4.78, 5) is 11.6. The Balaban J connectivity index is 2.27.